The molecule has 2 saturated heterocycles. The van der Waals surface area contributed by atoms with Crippen molar-refractivity contribution in [2.45, 2.75) is 37.5 Å². The molecule has 6 rings (SSSR count). The second-order valence-corrected chi connectivity index (χ2v) is 10.9. The maximum absolute atomic E-state index is 13.2. The molecule has 1 aliphatic carbocycles. The van der Waals surface area contributed by atoms with Gasteiger partial charge in [-0.15, -0.1) is 0 Å². The van der Waals surface area contributed by atoms with Crippen LogP contribution in [0, 0.1) is 11.3 Å². The number of amides is 2. The zero-order valence-electron chi connectivity index (χ0n) is 21.1. The molecule has 2 N–H and O–H groups in total. The lowest BCUT2D eigenvalue weighted by atomic mass is 9.74. The standard InChI is InChI=1S/C30H34N4O3/c35-27(31-21-30(13-17-37-18-14-30)23-9-5-2-6-10-23)24-20-29(24)11-15-34(16-12-29)28(36)26-19-25(32-33-26)22-7-3-1-4-8-22/h1-10,19,24H,11-18,20-21H2,(H,31,35)(H,32,33)/t24-/m1/s1. The normalized spacial score (nSPS) is 21.9. The van der Waals surface area contributed by atoms with Gasteiger partial charge in [-0.25, -0.2) is 0 Å². The lowest BCUT2D eigenvalue weighted by Crippen LogP contribution is -2.46. The Balaban J connectivity index is 1.04. The van der Waals surface area contributed by atoms with Crippen molar-refractivity contribution in [3.63, 3.8) is 0 Å². The molecule has 2 aliphatic heterocycles. The number of carbonyl (C=O) groups excluding carboxylic acids is 2. The van der Waals surface area contributed by atoms with Gasteiger partial charge in [-0.2, -0.15) is 5.10 Å². The van der Waals surface area contributed by atoms with Crippen LogP contribution < -0.4 is 5.32 Å². The molecule has 1 spiro atoms. The van der Waals surface area contributed by atoms with Crippen LogP contribution in [-0.2, 0) is 14.9 Å². The maximum Gasteiger partial charge on any atom is 0.271 e. The lowest BCUT2D eigenvalue weighted by Gasteiger charge is -2.38. The molecular weight excluding hydrogens is 464 g/mol. The average molecular weight is 499 g/mol. The molecular formula is C30H34N4O3. The van der Waals surface area contributed by atoms with E-state index in [2.05, 4.69) is 39.8 Å². The molecule has 0 unspecified atom stereocenters. The smallest absolute Gasteiger partial charge is 0.271 e. The van der Waals surface area contributed by atoms with Crippen LogP contribution >= 0.6 is 0 Å². The largest absolute Gasteiger partial charge is 0.381 e. The van der Waals surface area contributed by atoms with Gasteiger partial charge < -0.3 is 15.0 Å². The molecule has 1 aromatic heterocycles. The topological polar surface area (TPSA) is 87.3 Å². The van der Waals surface area contributed by atoms with Crippen molar-refractivity contribution in [3.05, 3.63) is 78.0 Å². The molecule has 3 heterocycles. The number of piperidine rings is 1. The fourth-order valence-electron chi connectivity index (χ4n) is 6.29. The van der Waals surface area contributed by atoms with Crippen molar-refractivity contribution < 1.29 is 14.3 Å². The zero-order chi connectivity index (χ0) is 25.3. The predicted molar refractivity (Wildman–Crippen MR) is 141 cm³/mol. The number of hydrogen-bond donors (Lipinski definition) is 2. The summed E-state index contributed by atoms with van der Waals surface area (Å²) in [5.41, 5.74) is 3.54. The highest BCUT2D eigenvalue weighted by Crippen LogP contribution is 2.59. The zero-order valence-corrected chi connectivity index (χ0v) is 21.1. The minimum absolute atomic E-state index is 0.0181. The average Bonchev–Trinajstić information content (AvgIpc) is 3.42. The van der Waals surface area contributed by atoms with Crippen molar-refractivity contribution in [1.29, 1.82) is 0 Å². The second-order valence-electron chi connectivity index (χ2n) is 10.9. The maximum atomic E-state index is 13.2. The first-order valence-electron chi connectivity index (χ1n) is 13.4. The molecule has 1 saturated carbocycles. The van der Waals surface area contributed by atoms with Crippen molar-refractivity contribution >= 4 is 11.8 Å². The summed E-state index contributed by atoms with van der Waals surface area (Å²) in [5, 5.41) is 10.6. The number of likely N-dealkylation sites (tertiary alicyclic amines) is 1. The number of nitrogens with one attached hydrogen (secondary N) is 2. The number of aromatic amines is 1. The van der Waals surface area contributed by atoms with Gasteiger partial charge >= 0.3 is 0 Å². The van der Waals surface area contributed by atoms with Crippen molar-refractivity contribution in [2.75, 3.05) is 32.8 Å². The second kappa shape index (κ2) is 9.78. The molecule has 7 heteroatoms. The SMILES string of the molecule is O=C(NCC1(c2ccccc2)CCOCC1)[C@H]1CC12CCN(C(=O)c1cc(-c3ccccc3)n[nH]1)CC2. The Labute approximate surface area is 217 Å². The van der Waals surface area contributed by atoms with Gasteiger partial charge in [0, 0.05) is 49.7 Å². The molecule has 37 heavy (non-hydrogen) atoms. The minimum atomic E-state index is -0.0598. The van der Waals surface area contributed by atoms with Gasteiger partial charge in [0.2, 0.25) is 5.91 Å². The van der Waals surface area contributed by atoms with E-state index in [1.165, 1.54) is 5.56 Å². The van der Waals surface area contributed by atoms with E-state index in [1.807, 2.05) is 47.4 Å². The van der Waals surface area contributed by atoms with Crippen molar-refractivity contribution in [3.8, 4) is 11.3 Å². The quantitative estimate of drug-likeness (QED) is 0.534. The number of rotatable bonds is 6. The van der Waals surface area contributed by atoms with Crippen LogP contribution in [-0.4, -0.2) is 59.8 Å². The third-order valence-electron chi connectivity index (χ3n) is 8.87. The molecule has 2 amide bonds. The van der Waals surface area contributed by atoms with E-state index in [4.69, 9.17) is 4.74 Å². The molecule has 0 radical (unpaired) electrons. The molecule has 1 atom stereocenters. The van der Waals surface area contributed by atoms with E-state index in [-0.39, 0.29) is 28.6 Å². The van der Waals surface area contributed by atoms with Crippen LogP contribution in [0.15, 0.2) is 66.7 Å². The van der Waals surface area contributed by atoms with Gasteiger partial charge in [0.1, 0.15) is 5.69 Å². The molecule has 7 nitrogen and oxygen atoms in total. The van der Waals surface area contributed by atoms with Crippen LogP contribution in [0.2, 0.25) is 0 Å². The fraction of sp³-hybridized carbons (Fsp3) is 0.433. The van der Waals surface area contributed by atoms with Gasteiger partial charge in [-0.1, -0.05) is 60.7 Å². The van der Waals surface area contributed by atoms with Gasteiger partial charge in [0.15, 0.2) is 0 Å². The van der Waals surface area contributed by atoms with Gasteiger partial charge in [-0.3, -0.25) is 14.7 Å². The summed E-state index contributed by atoms with van der Waals surface area (Å²) in [6.07, 6.45) is 4.50. The Morgan fingerprint density at radius 2 is 1.65 bits per heavy atom. The molecule has 192 valence electrons. The molecule has 0 bridgehead atoms. The van der Waals surface area contributed by atoms with Crippen LogP contribution in [0.5, 0.6) is 0 Å². The number of nitrogens with zero attached hydrogens (tertiary/aromatic N) is 2. The van der Waals surface area contributed by atoms with Crippen LogP contribution in [0.1, 0.15) is 48.2 Å². The first kappa shape index (κ1) is 23.9. The predicted octanol–water partition coefficient (Wildman–Crippen LogP) is 4.18. The lowest BCUT2D eigenvalue weighted by molar-refractivity contribution is -0.123. The highest BCUT2D eigenvalue weighted by Gasteiger charge is 2.59. The number of benzene rings is 2. The van der Waals surface area contributed by atoms with E-state index >= 15 is 0 Å². The summed E-state index contributed by atoms with van der Waals surface area (Å²) in [4.78, 5) is 28.2. The highest BCUT2D eigenvalue weighted by molar-refractivity contribution is 5.93. The summed E-state index contributed by atoms with van der Waals surface area (Å²) in [6, 6.07) is 22.2. The monoisotopic (exact) mass is 498 g/mol. The Kier molecular flexibility index (Phi) is 6.32. The summed E-state index contributed by atoms with van der Waals surface area (Å²) >= 11 is 0. The Bertz CT molecular complexity index is 1240. The first-order valence-corrected chi connectivity index (χ1v) is 13.4. The molecule has 2 aromatic carbocycles. The minimum Gasteiger partial charge on any atom is -0.381 e. The molecule has 3 aromatic rings. The third kappa shape index (κ3) is 4.68. The highest BCUT2D eigenvalue weighted by atomic mass is 16.5. The number of H-pyrrole nitrogens is 1. The van der Waals surface area contributed by atoms with E-state index in [1.54, 1.807) is 0 Å². The van der Waals surface area contributed by atoms with E-state index in [0.29, 0.717) is 25.3 Å². The van der Waals surface area contributed by atoms with Crippen molar-refractivity contribution in [2.24, 2.45) is 11.3 Å². The number of carbonyl (C=O) groups is 2. The summed E-state index contributed by atoms with van der Waals surface area (Å²) in [6.45, 7) is 3.46. The Morgan fingerprint density at radius 1 is 0.973 bits per heavy atom. The van der Waals surface area contributed by atoms with Gasteiger partial charge in [-0.05, 0) is 49.1 Å². The third-order valence-corrected chi connectivity index (χ3v) is 8.87. The molecule has 3 fully saturated rings. The number of ether oxygens (including phenoxy) is 1. The van der Waals surface area contributed by atoms with E-state index in [0.717, 1.165) is 56.6 Å². The van der Waals surface area contributed by atoms with Crippen molar-refractivity contribution in [1.82, 2.24) is 20.4 Å². The summed E-state index contributed by atoms with van der Waals surface area (Å²) in [5.74, 6) is 0.201. The van der Waals surface area contributed by atoms with Crippen LogP contribution in [0.4, 0.5) is 0 Å². The van der Waals surface area contributed by atoms with Crippen LogP contribution in [0.25, 0.3) is 11.3 Å². The van der Waals surface area contributed by atoms with Crippen LogP contribution in [0.3, 0.4) is 0 Å². The first-order chi connectivity index (χ1) is 18.1. The number of aromatic nitrogens is 2. The van der Waals surface area contributed by atoms with Gasteiger partial charge in [0.05, 0.1) is 5.69 Å². The summed E-state index contributed by atoms with van der Waals surface area (Å²) < 4.78 is 5.64. The van der Waals surface area contributed by atoms with E-state index in [9.17, 15) is 9.59 Å². The van der Waals surface area contributed by atoms with E-state index < -0.39 is 0 Å². The Morgan fingerprint density at radius 3 is 2.35 bits per heavy atom. The summed E-state index contributed by atoms with van der Waals surface area (Å²) in [7, 11) is 0. The Hall–Kier alpha value is -3.45. The molecule has 3 aliphatic rings. The number of hydrogen-bond acceptors (Lipinski definition) is 4. The fourth-order valence-corrected chi connectivity index (χ4v) is 6.29. The van der Waals surface area contributed by atoms with Gasteiger partial charge in [0.25, 0.3) is 5.91 Å².